The Balaban J connectivity index is 1.80. The van der Waals surface area contributed by atoms with Crippen LogP contribution in [0.1, 0.15) is 27.3 Å². The van der Waals surface area contributed by atoms with E-state index in [1.807, 2.05) is 6.92 Å². The highest BCUT2D eigenvalue weighted by Gasteiger charge is 2.34. The van der Waals surface area contributed by atoms with Gasteiger partial charge in [-0.1, -0.05) is 18.2 Å². The minimum Gasteiger partial charge on any atom is -0.320 e. The number of carbonyl (C=O) groups is 1. The Hall–Kier alpha value is -4.01. The topological polar surface area (TPSA) is 76.9 Å². The second-order valence-electron chi connectivity index (χ2n) is 7.21. The maximum atomic E-state index is 13.5. The number of nitrogens with zero attached hydrogens (tertiary/aromatic N) is 3. The molecule has 0 radical (unpaired) electrons. The molecule has 2 aromatic carbocycles. The van der Waals surface area contributed by atoms with Crippen molar-refractivity contribution in [3.63, 3.8) is 0 Å². The SMILES string of the molecule is Cc1ccc(NC(=O)c2nn(-c3ccccc3C(F)(F)F)c(C)cc2=O)c2cccnc12. The molecule has 32 heavy (non-hydrogen) atoms. The van der Waals surface area contributed by atoms with Gasteiger partial charge in [-0.25, -0.2) is 4.68 Å². The molecule has 4 rings (SSSR count). The van der Waals surface area contributed by atoms with Gasteiger partial charge >= 0.3 is 6.18 Å². The van der Waals surface area contributed by atoms with E-state index >= 15 is 0 Å². The van der Waals surface area contributed by atoms with Crippen molar-refractivity contribution < 1.29 is 18.0 Å². The first-order valence-corrected chi connectivity index (χ1v) is 9.60. The summed E-state index contributed by atoms with van der Waals surface area (Å²) in [5, 5.41) is 7.28. The molecule has 0 aliphatic carbocycles. The van der Waals surface area contributed by atoms with E-state index in [0.29, 0.717) is 16.6 Å². The summed E-state index contributed by atoms with van der Waals surface area (Å²) in [6, 6.07) is 12.8. The number of pyridine rings is 1. The summed E-state index contributed by atoms with van der Waals surface area (Å²) < 4.78 is 41.4. The van der Waals surface area contributed by atoms with Crippen LogP contribution >= 0.6 is 0 Å². The van der Waals surface area contributed by atoms with Crippen molar-refractivity contribution >= 4 is 22.5 Å². The third kappa shape index (κ3) is 3.84. The number of rotatable bonds is 3. The average molecular weight is 438 g/mol. The third-order valence-electron chi connectivity index (χ3n) is 4.98. The molecule has 4 aromatic rings. The standard InChI is InChI=1S/C23H17F3N4O2/c1-13-9-10-17(15-6-5-11-27-20(13)15)28-22(32)21-19(31)12-14(2)30(29-21)18-8-4-3-7-16(18)23(24,25)26/h3-12H,1-2H3,(H,28,32). The van der Waals surface area contributed by atoms with Crippen molar-refractivity contribution in [2.75, 3.05) is 5.32 Å². The van der Waals surface area contributed by atoms with Gasteiger partial charge in [-0.05, 0) is 49.7 Å². The van der Waals surface area contributed by atoms with E-state index in [1.54, 1.807) is 30.5 Å². The summed E-state index contributed by atoms with van der Waals surface area (Å²) >= 11 is 0. The lowest BCUT2D eigenvalue weighted by atomic mass is 10.1. The van der Waals surface area contributed by atoms with Crippen LogP contribution in [0.5, 0.6) is 0 Å². The molecule has 0 saturated heterocycles. The molecule has 0 fully saturated rings. The molecule has 6 nitrogen and oxygen atoms in total. The number of halogens is 3. The Labute approximate surface area is 180 Å². The molecule has 1 N–H and O–H groups in total. The van der Waals surface area contributed by atoms with E-state index < -0.39 is 28.8 Å². The number of benzene rings is 2. The molecule has 2 heterocycles. The van der Waals surface area contributed by atoms with Crippen LogP contribution < -0.4 is 10.7 Å². The molecule has 0 spiro atoms. The molecular weight excluding hydrogens is 421 g/mol. The van der Waals surface area contributed by atoms with Gasteiger partial charge < -0.3 is 5.32 Å². The van der Waals surface area contributed by atoms with Gasteiger partial charge in [0.25, 0.3) is 5.91 Å². The Bertz CT molecular complexity index is 1410. The van der Waals surface area contributed by atoms with Crippen molar-refractivity contribution in [2.45, 2.75) is 20.0 Å². The monoisotopic (exact) mass is 438 g/mol. The quantitative estimate of drug-likeness (QED) is 0.504. The summed E-state index contributed by atoms with van der Waals surface area (Å²) in [4.78, 5) is 29.7. The highest BCUT2D eigenvalue weighted by Crippen LogP contribution is 2.33. The molecule has 162 valence electrons. The fourth-order valence-corrected chi connectivity index (χ4v) is 3.45. The van der Waals surface area contributed by atoms with E-state index in [9.17, 15) is 22.8 Å². The maximum Gasteiger partial charge on any atom is 0.418 e. The number of aryl methyl sites for hydroxylation is 2. The predicted octanol–water partition coefficient (Wildman–Crippen LogP) is 4.67. The lowest BCUT2D eigenvalue weighted by Crippen LogP contribution is -2.27. The van der Waals surface area contributed by atoms with Crippen LogP contribution in [0.2, 0.25) is 0 Å². The molecule has 0 aliphatic rings. The predicted molar refractivity (Wildman–Crippen MR) is 114 cm³/mol. The summed E-state index contributed by atoms with van der Waals surface area (Å²) in [5.41, 5.74) is -0.281. The van der Waals surface area contributed by atoms with Crippen LogP contribution in [0.25, 0.3) is 16.6 Å². The van der Waals surface area contributed by atoms with E-state index in [0.717, 1.165) is 22.4 Å². The highest BCUT2D eigenvalue weighted by atomic mass is 19.4. The lowest BCUT2D eigenvalue weighted by Gasteiger charge is -2.17. The molecule has 9 heteroatoms. The number of fused-ring (bicyclic) bond motifs is 1. The van der Waals surface area contributed by atoms with Gasteiger partial charge in [0.1, 0.15) is 0 Å². The zero-order chi connectivity index (χ0) is 23.0. The minimum absolute atomic E-state index is 0.160. The number of para-hydroxylation sites is 1. The van der Waals surface area contributed by atoms with Crippen molar-refractivity contribution in [3.05, 3.63) is 93.5 Å². The van der Waals surface area contributed by atoms with Gasteiger partial charge in [0.05, 0.1) is 22.5 Å². The fraction of sp³-hybridized carbons (Fsp3) is 0.130. The Morgan fingerprint density at radius 1 is 1.03 bits per heavy atom. The molecule has 1 amide bonds. The van der Waals surface area contributed by atoms with Gasteiger partial charge in [0.15, 0.2) is 5.69 Å². The summed E-state index contributed by atoms with van der Waals surface area (Å²) in [7, 11) is 0. The van der Waals surface area contributed by atoms with Crippen LogP contribution in [-0.2, 0) is 6.18 Å². The third-order valence-corrected chi connectivity index (χ3v) is 4.98. The van der Waals surface area contributed by atoms with Gasteiger partial charge in [0, 0.05) is 23.3 Å². The van der Waals surface area contributed by atoms with E-state index in [2.05, 4.69) is 15.4 Å². The summed E-state index contributed by atoms with van der Waals surface area (Å²) in [5.74, 6) is -0.831. The van der Waals surface area contributed by atoms with Crippen LogP contribution in [0.3, 0.4) is 0 Å². The first-order chi connectivity index (χ1) is 15.2. The largest absolute Gasteiger partial charge is 0.418 e. The molecule has 0 bridgehead atoms. The number of hydrogen-bond acceptors (Lipinski definition) is 4. The van der Waals surface area contributed by atoms with E-state index in [4.69, 9.17) is 0 Å². The van der Waals surface area contributed by atoms with Crippen molar-refractivity contribution in [3.8, 4) is 5.69 Å². The van der Waals surface area contributed by atoms with Crippen LogP contribution in [0, 0.1) is 13.8 Å². The first-order valence-electron chi connectivity index (χ1n) is 9.60. The van der Waals surface area contributed by atoms with Crippen LogP contribution in [0.4, 0.5) is 18.9 Å². The second-order valence-corrected chi connectivity index (χ2v) is 7.21. The number of amides is 1. The number of aromatic nitrogens is 3. The van der Waals surface area contributed by atoms with Crippen molar-refractivity contribution in [1.29, 1.82) is 0 Å². The second kappa shape index (κ2) is 7.92. The van der Waals surface area contributed by atoms with E-state index in [1.165, 1.54) is 25.1 Å². The Morgan fingerprint density at radius 3 is 2.53 bits per heavy atom. The van der Waals surface area contributed by atoms with Crippen molar-refractivity contribution in [1.82, 2.24) is 14.8 Å². The van der Waals surface area contributed by atoms with Gasteiger partial charge in [0.2, 0.25) is 5.43 Å². The molecular formula is C23H17F3N4O2. The zero-order valence-electron chi connectivity index (χ0n) is 17.1. The summed E-state index contributed by atoms with van der Waals surface area (Å²) in [6.07, 6.45) is -3.01. The van der Waals surface area contributed by atoms with Crippen LogP contribution in [-0.4, -0.2) is 20.7 Å². The normalized spacial score (nSPS) is 11.5. The fourth-order valence-electron chi connectivity index (χ4n) is 3.45. The number of carbonyl (C=O) groups excluding carboxylic acids is 1. The summed E-state index contributed by atoms with van der Waals surface area (Å²) in [6.45, 7) is 3.32. The van der Waals surface area contributed by atoms with Gasteiger partial charge in [-0.15, -0.1) is 0 Å². The molecule has 0 aliphatic heterocycles. The molecule has 2 aromatic heterocycles. The highest BCUT2D eigenvalue weighted by molar-refractivity contribution is 6.08. The molecule has 0 unspecified atom stereocenters. The molecule has 0 saturated carbocycles. The zero-order valence-corrected chi connectivity index (χ0v) is 17.1. The maximum absolute atomic E-state index is 13.5. The van der Waals surface area contributed by atoms with Crippen molar-refractivity contribution in [2.24, 2.45) is 0 Å². The lowest BCUT2D eigenvalue weighted by molar-refractivity contribution is -0.137. The minimum atomic E-state index is -4.63. The Morgan fingerprint density at radius 2 is 1.78 bits per heavy atom. The van der Waals surface area contributed by atoms with E-state index in [-0.39, 0.29) is 11.4 Å². The number of nitrogens with one attached hydrogen (secondary N) is 1. The number of anilines is 1. The number of hydrogen-bond donors (Lipinski definition) is 1. The van der Waals surface area contributed by atoms with Crippen LogP contribution in [0.15, 0.2) is 65.6 Å². The Kier molecular flexibility index (Phi) is 5.25. The van der Waals surface area contributed by atoms with Gasteiger partial charge in [-0.3, -0.25) is 14.6 Å². The average Bonchev–Trinajstić information content (AvgIpc) is 2.75. The first kappa shape index (κ1) is 21.2. The van der Waals surface area contributed by atoms with Gasteiger partial charge in [-0.2, -0.15) is 18.3 Å². The smallest absolute Gasteiger partial charge is 0.320 e. The number of alkyl halides is 3. The molecule has 0 atom stereocenters.